The van der Waals surface area contributed by atoms with E-state index in [1.54, 1.807) is 0 Å². The van der Waals surface area contributed by atoms with Gasteiger partial charge in [0.05, 0.1) is 44.5 Å². The number of carbonyl (C=O) groups excluding carboxylic acids is 1. The second-order valence-corrected chi connectivity index (χ2v) is 19.4. The molecule has 2 nitrogen and oxygen atoms in total. The van der Waals surface area contributed by atoms with E-state index in [0.29, 0.717) is 12.2 Å². The zero-order valence-electron chi connectivity index (χ0n) is 42.5. The number of hydrogen-bond donors (Lipinski definition) is 0. The van der Waals surface area contributed by atoms with E-state index in [4.69, 9.17) is 0 Å². The summed E-state index contributed by atoms with van der Waals surface area (Å²) in [6.45, 7) is 0.647. The lowest BCUT2D eigenvalue weighted by atomic mass is 9.12. The molecule has 0 amide bonds. The number of rotatable bonds is 8. The number of hydrogen-bond acceptors (Lipinski definition) is 1. The predicted molar refractivity (Wildman–Crippen MR) is 267 cm³/mol. The Morgan fingerprint density at radius 2 is 0.616 bits per heavy atom. The molecule has 0 saturated heterocycles. The molecule has 0 aliphatic carbocycles. The van der Waals surface area contributed by atoms with E-state index in [2.05, 4.69) is 28.8 Å². The molecule has 0 fully saturated rings. The number of aromatic nitrogens is 1. The highest BCUT2D eigenvalue weighted by Crippen LogP contribution is 2.42. The molecular formula is C59H32BF24NO. The lowest BCUT2D eigenvalue weighted by Gasteiger charge is -2.46. The fourth-order valence-electron chi connectivity index (χ4n) is 10.0. The normalized spacial score (nSPS) is 13.2. The van der Waals surface area contributed by atoms with Crippen LogP contribution >= 0.6 is 0 Å². The van der Waals surface area contributed by atoms with Gasteiger partial charge in [-0.05, 0) is 47.2 Å². The number of nitrogens with zero attached hydrogens (tertiary/aromatic N) is 1. The average Bonchev–Trinajstić information content (AvgIpc) is 0.715. The maximum atomic E-state index is 14.2. The topological polar surface area (TPSA) is 20.9 Å². The van der Waals surface area contributed by atoms with Crippen LogP contribution in [-0.2, 0) is 56.0 Å². The summed E-state index contributed by atoms with van der Waals surface area (Å²) in [6.07, 6.45) is -54.8. The van der Waals surface area contributed by atoms with E-state index in [-0.39, 0.29) is 5.78 Å². The van der Waals surface area contributed by atoms with Gasteiger partial charge in [0.2, 0.25) is 5.52 Å². The first kappa shape index (κ1) is 63.5. The van der Waals surface area contributed by atoms with Crippen LogP contribution in [0.4, 0.5) is 105 Å². The van der Waals surface area contributed by atoms with Crippen molar-refractivity contribution in [2.45, 2.75) is 56.0 Å². The molecule has 0 atom stereocenters. The van der Waals surface area contributed by atoms with E-state index >= 15 is 0 Å². The van der Waals surface area contributed by atoms with Gasteiger partial charge in [-0.1, -0.05) is 133 Å². The quantitative estimate of drug-likeness (QED) is 0.0643. The molecule has 86 heavy (non-hydrogen) atoms. The molecule has 0 aliphatic heterocycles. The minimum Gasteiger partial charge on any atom is -0.282 e. The smallest absolute Gasteiger partial charge is 0.282 e. The van der Waals surface area contributed by atoms with Crippen LogP contribution in [0.25, 0.3) is 21.7 Å². The molecule has 0 unspecified atom stereocenters. The number of alkyl halides is 24. The highest BCUT2D eigenvalue weighted by atomic mass is 19.4. The Bertz CT molecular complexity index is 3560. The Morgan fingerprint density at radius 1 is 0.314 bits per heavy atom. The highest BCUT2D eigenvalue weighted by molar-refractivity contribution is 7.20. The molecule has 450 valence electrons. The van der Waals surface area contributed by atoms with Crippen molar-refractivity contribution in [2.75, 3.05) is 0 Å². The predicted octanol–water partition coefficient (Wildman–Crippen LogP) is 16.8. The van der Waals surface area contributed by atoms with Crippen molar-refractivity contribution in [3.8, 4) is 0 Å². The van der Waals surface area contributed by atoms with Crippen molar-refractivity contribution >= 4 is 55.5 Å². The Balaban J connectivity index is 0.000000274. The number of pyridine rings is 1. The minimum absolute atomic E-state index is 0.0449. The Morgan fingerprint density at radius 3 is 0.965 bits per heavy atom. The van der Waals surface area contributed by atoms with Crippen LogP contribution in [0.15, 0.2) is 182 Å². The Labute approximate surface area is 468 Å². The third-order valence-electron chi connectivity index (χ3n) is 13.8. The van der Waals surface area contributed by atoms with Gasteiger partial charge in [0, 0.05) is 28.6 Å². The zero-order chi connectivity index (χ0) is 63.5. The molecule has 0 N–H and O–H groups in total. The first-order valence-electron chi connectivity index (χ1n) is 24.4. The van der Waals surface area contributed by atoms with Crippen molar-refractivity contribution in [1.29, 1.82) is 0 Å². The van der Waals surface area contributed by atoms with E-state index < -0.39 is 195 Å². The van der Waals surface area contributed by atoms with Crippen molar-refractivity contribution in [2.24, 2.45) is 0 Å². The molecule has 0 radical (unpaired) electrons. The fourth-order valence-corrected chi connectivity index (χ4v) is 10.0. The number of carbonyl (C=O) groups is 1. The lowest BCUT2D eigenvalue weighted by Crippen LogP contribution is -2.75. The number of ketones is 1. The van der Waals surface area contributed by atoms with Crippen LogP contribution in [0.2, 0.25) is 0 Å². The summed E-state index contributed by atoms with van der Waals surface area (Å²) in [5.41, 5.74) is -26.5. The van der Waals surface area contributed by atoms with Gasteiger partial charge in [-0.25, -0.2) is 0 Å². The van der Waals surface area contributed by atoms with Crippen LogP contribution in [0.5, 0.6) is 0 Å². The van der Waals surface area contributed by atoms with E-state index in [0.717, 1.165) is 27.2 Å². The molecule has 0 aliphatic rings. The maximum absolute atomic E-state index is 14.2. The highest BCUT2D eigenvalue weighted by Gasteiger charge is 2.47. The number of para-hydroxylation sites is 1. The monoisotopic (exact) mass is 1240 g/mol. The summed E-state index contributed by atoms with van der Waals surface area (Å²) in [6, 6.07) is 27.7. The Hall–Kier alpha value is -8.52. The minimum atomic E-state index is -6.13. The first-order chi connectivity index (χ1) is 39.6. The molecule has 0 saturated carbocycles. The second kappa shape index (κ2) is 22.4. The summed E-state index contributed by atoms with van der Waals surface area (Å²) in [5.74, 6) is 0.0449. The van der Waals surface area contributed by atoms with Gasteiger partial charge >= 0.3 is 49.4 Å². The van der Waals surface area contributed by atoms with Crippen molar-refractivity contribution in [1.82, 2.24) is 0 Å². The Kier molecular flexibility index (Phi) is 16.5. The molecule has 0 bridgehead atoms. The summed E-state index contributed by atoms with van der Waals surface area (Å²) in [5, 5.41) is 3.19. The van der Waals surface area contributed by atoms with Gasteiger partial charge in [-0.2, -0.15) is 132 Å². The van der Waals surface area contributed by atoms with Gasteiger partial charge < -0.3 is 0 Å². The molecule has 1 heterocycles. The van der Waals surface area contributed by atoms with Crippen molar-refractivity contribution in [3.63, 3.8) is 0 Å². The summed E-state index contributed by atoms with van der Waals surface area (Å²) in [4.78, 5) is 13.7. The van der Waals surface area contributed by atoms with Crippen LogP contribution in [0, 0.1) is 0 Å². The van der Waals surface area contributed by atoms with Crippen LogP contribution in [0.3, 0.4) is 0 Å². The molecular weight excluding hydrogens is 1210 g/mol. The number of halogens is 24. The van der Waals surface area contributed by atoms with Crippen LogP contribution in [-0.4, -0.2) is 11.9 Å². The molecule has 27 heteroatoms. The van der Waals surface area contributed by atoms with Crippen LogP contribution < -0.4 is 26.4 Å². The number of benzene rings is 8. The van der Waals surface area contributed by atoms with Gasteiger partial charge in [0.1, 0.15) is 6.15 Å². The van der Waals surface area contributed by atoms with E-state index in [1.807, 2.05) is 84.9 Å². The van der Waals surface area contributed by atoms with Gasteiger partial charge in [0.25, 0.3) is 11.5 Å². The molecule has 9 aromatic rings. The van der Waals surface area contributed by atoms with E-state index in [1.165, 1.54) is 5.56 Å². The van der Waals surface area contributed by atoms with Crippen molar-refractivity contribution in [3.05, 3.63) is 243 Å². The molecule has 0 spiro atoms. The fraction of sp³-hybridized carbons (Fsp3) is 0.153. The van der Waals surface area contributed by atoms with Gasteiger partial charge in [-0.15, -0.1) is 0 Å². The largest absolute Gasteiger partial charge is 0.416 e. The first-order valence-corrected chi connectivity index (χ1v) is 24.4. The number of fused-ring (bicyclic) bond motifs is 2. The molecule has 1 aromatic heterocycles. The van der Waals surface area contributed by atoms with Crippen LogP contribution in [0.1, 0.15) is 66.1 Å². The van der Waals surface area contributed by atoms with E-state index in [9.17, 15) is 110 Å². The zero-order valence-corrected chi connectivity index (χ0v) is 42.5. The SMILES string of the molecule is FC(F)(F)c1cc([B-](c2cc(C(F)(F)F)cc(C(F)(F)F)c2)(c2cc(C(F)(F)F)cc(C(F)(F)F)c2)c2cc(C(F)(F)F)cc(C(F)(F)F)c2)cc(C(F)(F)F)c1.O=C(c1cccc2ccccc12)c1ccc2ccccc2[n+]1Cc1ccccc1. The average molecular weight is 1240 g/mol. The second-order valence-electron chi connectivity index (χ2n) is 19.4. The maximum Gasteiger partial charge on any atom is 0.416 e. The summed E-state index contributed by atoms with van der Waals surface area (Å²) < 4.78 is 343. The van der Waals surface area contributed by atoms with Crippen molar-refractivity contribution < 1.29 is 115 Å². The third-order valence-corrected chi connectivity index (χ3v) is 13.8. The third kappa shape index (κ3) is 13.4. The summed E-state index contributed by atoms with van der Waals surface area (Å²) >= 11 is 0. The molecule has 9 rings (SSSR count). The molecule has 8 aromatic carbocycles. The van der Waals surface area contributed by atoms with Gasteiger partial charge in [-0.3, -0.25) is 4.79 Å². The summed E-state index contributed by atoms with van der Waals surface area (Å²) in [7, 11) is 0. The standard InChI is InChI=1S/C32H12BF24.C27H20NO/c34-25(35,36)13-1-14(26(37,38)39)6-21(5-13)33(22-7-15(27(40,41)42)2-16(8-22)28(43,44)45,23-9-17(29(46,47)48)3-18(10-23)30(49,50)51)24-11-19(31(52,53)54)4-20(12-24)32(55,56)57;29-27(24-15-8-13-21-11-4-6-14-23(21)24)26-18-17-22-12-5-7-16-25(22)28(26)19-20-9-2-1-3-10-20/h1-12H;1-18H,19H2/q-1;+1. The van der Waals surface area contributed by atoms with Gasteiger partial charge in [0.15, 0.2) is 6.54 Å². The lowest BCUT2D eigenvalue weighted by molar-refractivity contribution is -0.664.